The van der Waals surface area contributed by atoms with Gasteiger partial charge in [0.2, 0.25) is 5.54 Å². The monoisotopic (exact) mass is 354 g/mol. The fraction of sp³-hybridized carbons (Fsp3) is 0.375. The van der Waals surface area contributed by atoms with E-state index in [0.29, 0.717) is 5.52 Å². The molecule has 126 valence electrons. The molecular weight excluding hydrogens is 341 g/mol. The van der Waals surface area contributed by atoms with E-state index in [1.165, 1.54) is 6.08 Å². The van der Waals surface area contributed by atoms with Crippen LogP contribution in [0, 0.1) is 5.92 Å². The van der Waals surface area contributed by atoms with Crippen molar-refractivity contribution in [3.63, 3.8) is 0 Å². The molecule has 0 saturated carbocycles. The number of aromatic nitrogens is 1. The molecular formula is C16H13F3N2O2S. The molecule has 0 amide bonds. The van der Waals surface area contributed by atoms with Crippen molar-refractivity contribution in [2.75, 3.05) is 12.0 Å². The van der Waals surface area contributed by atoms with Crippen LogP contribution in [-0.2, 0) is 9.53 Å². The highest BCUT2D eigenvalue weighted by Gasteiger charge is 2.74. The number of anilines is 1. The number of halogens is 3. The van der Waals surface area contributed by atoms with Gasteiger partial charge in [-0.05, 0) is 18.6 Å². The maximum absolute atomic E-state index is 14.1. The van der Waals surface area contributed by atoms with Gasteiger partial charge in [0.25, 0.3) is 0 Å². The van der Waals surface area contributed by atoms with Gasteiger partial charge in [0.1, 0.15) is 0 Å². The minimum atomic E-state index is -4.78. The maximum Gasteiger partial charge on any atom is 0.423 e. The lowest BCUT2D eigenvalue weighted by Gasteiger charge is -2.42. The van der Waals surface area contributed by atoms with Crippen molar-refractivity contribution in [2.45, 2.75) is 24.2 Å². The molecule has 4 nitrogen and oxygen atoms in total. The molecule has 8 heteroatoms. The van der Waals surface area contributed by atoms with Gasteiger partial charge < -0.3 is 9.64 Å². The summed E-state index contributed by atoms with van der Waals surface area (Å²) in [6.45, 7) is 0. The molecule has 0 unspecified atom stereocenters. The van der Waals surface area contributed by atoms with Crippen LogP contribution in [0.4, 0.5) is 18.3 Å². The molecule has 3 atom stereocenters. The molecule has 2 heterocycles. The zero-order chi connectivity index (χ0) is 17.1. The molecule has 1 aromatic carbocycles. The van der Waals surface area contributed by atoms with Crippen LogP contribution in [0.15, 0.2) is 36.4 Å². The summed E-state index contributed by atoms with van der Waals surface area (Å²) in [4.78, 5) is 17.8. The van der Waals surface area contributed by atoms with Gasteiger partial charge in [-0.1, -0.05) is 35.6 Å². The Morgan fingerprint density at radius 1 is 1.38 bits per heavy atom. The second-order valence-electron chi connectivity index (χ2n) is 5.88. The first-order chi connectivity index (χ1) is 11.4. The van der Waals surface area contributed by atoms with E-state index in [0.717, 1.165) is 28.0 Å². The summed E-state index contributed by atoms with van der Waals surface area (Å²) >= 11 is 1.15. The van der Waals surface area contributed by atoms with Crippen LogP contribution in [-0.4, -0.2) is 35.8 Å². The number of fused-ring (bicyclic) bond motifs is 3. The molecule has 1 fully saturated rings. The minimum Gasteiger partial charge on any atom is -0.467 e. The highest BCUT2D eigenvalue weighted by atomic mass is 32.1. The Morgan fingerprint density at radius 3 is 2.79 bits per heavy atom. The first-order valence-electron chi connectivity index (χ1n) is 7.38. The number of alkyl halides is 3. The van der Waals surface area contributed by atoms with Crippen LogP contribution in [0.2, 0.25) is 0 Å². The number of methoxy groups -OCH3 is 1. The number of thiazole rings is 1. The lowest BCUT2D eigenvalue weighted by Crippen LogP contribution is -2.66. The number of para-hydroxylation sites is 1. The lowest BCUT2D eigenvalue weighted by molar-refractivity contribution is -0.208. The van der Waals surface area contributed by atoms with E-state index < -0.39 is 29.6 Å². The Hall–Kier alpha value is -2.09. The topological polar surface area (TPSA) is 42.4 Å². The number of carbonyl (C=O) groups is 1. The number of esters is 1. The molecule has 2 aliphatic rings. The van der Waals surface area contributed by atoms with Crippen LogP contribution in [0.25, 0.3) is 10.2 Å². The molecule has 4 rings (SSSR count). The van der Waals surface area contributed by atoms with E-state index in [2.05, 4.69) is 9.72 Å². The molecule has 1 aliphatic heterocycles. The third kappa shape index (κ3) is 1.80. The summed E-state index contributed by atoms with van der Waals surface area (Å²) < 4.78 is 47.7. The minimum absolute atomic E-state index is 0.191. The zero-order valence-electron chi connectivity index (χ0n) is 12.6. The number of benzene rings is 1. The molecule has 1 aromatic heterocycles. The molecule has 0 radical (unpaired) electrons. The number of ether oxygens (including phenoxy) is 1. The van der Waals surface area contributed by atoms with E-state index in [-0.39, 0.29) is 11.6 Å². The molecule has 0 N–H and O–H groups in total. The second kappa shape index (κ2) is 4.95. The zero-order valence-corrected chi connectivity index (χ0v) is 13.4. The third-order valence-corrected chi connectivity index (χ3v) is 5.76. The molecule has 2 bridgehead atoms. The summed E-state index contributed by atoms with van der Waals surface area (Å²) in [6.07, 6.45) is -1.37. The molecule has 24 heavy (non-hydrogen) atoms. The summed E-state index contributed by atoms with van der Waals surface area (Å²) in [5.74, 6) is -2.26. The van der Waals surface area contributed by atoms with Crippen LogP contribution < -0.4 is 4.90 Å². The van der Waals surface area contributed by atoms with Crippen LogP contribution in [0.3, 0.4) is 0 Å². The smallest absolute Gasteiger partial charge is 0.423 e. The SMILES string of the molecule is COC(=O)[C@@]1(C(F)(F)F)[C@@H]2C=C[C@@H](C2)N1c1nc2ccccc2s1. The quantitative estimate of drug-likeness (QED) is 0.611. The van der Waals surface area contributed by atoms with E-state index in [1.807, 2.05) is 0 Å². The number of carbonyl (C=O) groups excluding carboxylic acids is 1. The molecule has 1 saturated heterocycles. The highest BCUT2D eigenvalue weighted by molar-refractivity contribution is 7.22. The van der Waals surface area contributed by atoms with Crippen molar-refractivity contribution < 1.29 is 22.7 Å². The Bertz CT molecular complexity index is 814. The van der Waals surface area contributed by atoms with E-state index in [9.17, 15) is 18.0 Å². The van der Waals surface area contributed by atoms with Crippen molar-refractivity contribution in [3.8, 4) is 0 Å². The first-order valence-corrected chi connectivity index (χ1v) is 8.19. The normalized spacial score (nSPS) is 28.8. The number of nitrogens with zero attached hydrogens (tertiary/aromatic N) is 2. The predicted octanol–water partition coefficient (Wildman–Crippen LogP) is 3.54. The summed E-state index contributed by atoms with van der Waals surface area (Å²) in [5.41, 5.74) is -2.10. The number of hydrogen-bond acceptors (Lipinski definition) is 5. The highest BCUT2D eigenvalue weighted by Crippen LogP contribution is 2.56. The van der Waals surface area contributed by atoms with Crippen molar-refractivity contribution >= 4 is 32.7 Å². The Balaban J connectivity index is 1.94. The average molecular weight is 354 g/mol. The second-order valence-corrected chi connectivity index (χ2v) is 6.89. The van der Waals surface area contributed by atoms with Gasteiger partial charge in [0, 0.05) is 5.92 Å². The summed E-state index contributed by atoms with van der Waals surface area (Å²) in [6, 6.07) is 6.61. The van der Waals surface area contributed by atoms with Crippen LogP contribution >= 0.6 is 11.3 Å². The van der Waals surface area contributed by atoms with Crippen molar-refractivity contribution in [3.05, 3.63) is 36.4 Å². The lowest BCUT2D eigenvalue weighted by atomic mass is 9.84. The average Bonchev–Trinajstić information content (AvgIpc) is 3.24. The van der Waals surface area contributed by atoms with Gasteiger partial charge in [-0.2, -0.15) is 13.2 Å². The van der Waals surface area contributed by atoms with Crippen LogP contribution in [0.5, 0.6) is 0 Å². The van der Waals surface area contributed by atoms with Crippen LogP contribution in [0.1, 0.15) is 6.42 Å². The van der Waals surface area contributed by atoms with Gasteiger partial charge in [-0.25, -0.2) is 9.78 Å². The molecule has 2 aromatic rings. The van der Waals surface area contributed by atoms with E-state index in [4.69, 9.17) is 0 Å². The largest absolute Gasteiger partial charge is 0.467 e. The first kappa shape index (κ1) is 15.4. The molecule has 1 aliphatic carbocycles. The van der Waals surface area contributed by atoms with Gasteiger partial charge in [0.15, 0.2) is 5.13 Å². The maximum atomic E-state index is 14.1. The standard InChI is InChI=1S/C16H13F3N2O2S/c1-23-13(22)15(16(17,18)19)9-6-7-10(8-9)21(15)14-20-11-4-2-3-5-12(11)24-14/h2-7,9-10H,8H2,1H3/t9-,10+,15-/m1/s1. The van der Waals surface area contributed by atoms with E-state index in [1.54, 1.807) is 30.3 Å². The Labute approximate surface area is 139 Å². The fourth-order valence-corrected chi connectivity index (χ4v) is 4.83. The summed E-state index contributed by atoms with van der Waals surface area (Å²) in [7, 11) is 0.988. The van der Waals surface area contributed by atoms with Crippen molar-refractivity contribution in [1.29, 1.82) is 0 Å². The van der Waals surface area contributed by atoms with Gasteiger partial charge in [-0.15, -0.1) is 0 Å². The van der Waals surface area contributed by atoms with Gasteiger partial charge in [-0.3, -0.25) is 0 Å². The number of hydrogen-bond donors (Lipinski definition) is 0. The predicted molar refractivity (Wildman–Crippen MR) is 83.9 cm³/mol. The van der Waals surface area contributed by atoms with E-state index >= 15 is 0 Å². The van der Waals surface area contributed by atoms with Crippen molar-refractivity contribution in [2.24, 2.45) is 5.92 Å². The number of rotatable bonds is 2. The molecule has 0 spiro atoms. The van der Waals surface area contributed by atoms with Crippen molar-refractivity contribution in [1.82, 2.24) is 4.98 Å². The summed E-state index contributed by atoms with van der Waals surface area (Å²) in [5, 5.41) is 0.191. The Kier molecular flexibility index (Phi) is 3.19. The third-order valence-electron chi connectivity index (χ3n) is 4.73. The van der Waals surface area contributed by atoms with Gasteiger partial charge in [0.05, 0.1) is 23.4 Å². The Morgan fingerprint density at radius 2 is 2.12 bits per heavy atom. The van der Waals surface area contributed by atoms with Gasteiger partial charge >= 0.3 is 12.1 Å². The fourth-order valence-electron chi connectivity index (χ4n) is 3.74.